The van der Waals surface area contributed by atoms with Gasteiger partial charge in [-0.25, -0.2) is 0 Å². The summed E-state index contributed by atoms with van der Waals surface area (Å²) in [6.07, 6.45) is 5.19. The molecule has 2 aliphatic rings. The summed E-state index contributed by atoms with van der Waals surface area (Å²) in [7, 11) is 0. The Bertz CT molecular complexity index is 414. The normalized spacial score (nSPS) is 36.4. The molecule has 1 saturated carbocycles. The van der Waals surface area contributed by atoms with E-state index >= 15 is 0 Å². The average molecular weight is 270 g/mol. The molecule has 4 atom stereocenters. The first-order chi connectivity index (χ1) is 8.15. The second-order valence-electron chi connectivity index (χ2n) is 5.71. The second-order valence-corrected chi connectivity index (χ2v) is 7.48. The Balaban J connectivity index is 1.71. The van der Waals surface area contributed by atoms with E-state index in [1.165, 1.54) is 36.1 Å². The van der Waals surface area contributed by atoms with Crippen molar-refractivity contribution in [1.29, 1.82) is 0 Å². The highest BCUT2D eigenvalue weighted by molar-refractivity contribution is 7.16. The van der Waals surface area contributed by atoms with Crippen LogP contribution in [0.3, 0.4) is 0 Å². The summed E-state index contributed by atoms with van der Waals surface area (Å²) in [5.74, 6) is 1.69. The van der Waals surface area contributed by atoms with Gasteiger partial charge in [-0.2, -0.15) is 0 Å². The van der Waals surface area contributed by atoms with Gasteiger partial charge in [-0.1, -0.05) is 25.4 Å². The number of halogens is 1. The Morgan fingerprint density at radius 3 is 2.82 bits per heavy atom. The number of aryl methyl sites for hydroxylation is 1. The first-order valence-electron chi connectivity index (χ1n) is 6.69. The first kappa shape index (κ1) is 12.0. The van der Waals surface area contributed by atoms with Gasteiger partial charge in [0.1, 0.15) is 0 Å². The molecule has 0 aliphatic heterocycles. The highest BCUT2D eigenvalue weighted by atomic mass is 35.5. The predicted octanol–water partition coefficient (Wildman–Crippen LogP) is 4.41. The Morgan fingerprint density at radius 2 is 2.12 bits per heavy atom. The van der Waals surface area contributed by atoms with E-state index in [0.717, 1.165) is 16.2 Å². The Labute approximate surface area is 113 Å². The van der Waals surface area contributed by atoms with Crippen molar-refractivity contribution in [3.63, 3.8) is 0 Å². The van der Waals surface area contributed by atoms with Crippen LogP contribution < -0.4 is 5.32 Å². The largest absolute Gasteiger partial charge is 0.307 e. The van der Waals surface area contributed by atoms with Gasteiger partial charge in [0.05, 0.1) is 4.34 Å². The number of fused-ring (bicyclic) bond motifs is 1. The number of nitrogens with one attached hydrogen (secondary N) is 1. The molecule has 94 valence electrons. The van der Waals surface area contributed by atoms with Gasteiger partial charge in [-0.3, -0.25) is 0 Å². The van der Waals surface area contributed by atoms with Crippen LogP contribution in [0.15, 0.2) is 6.07 Å². The molecule has 3 heteroatoms. The first-order valence-corrected chi connectivity index (χ1v) is 7.88. The van der Waals surface area contributed by atoms with E-state index in [2.05, 4.69) is 25.2 Å². The molecule has 3 rings (SSSR count). The fourth-order valence-corrected chi connectivity index (χ4v) is 4.72. The van der Waals surface area contributed by atoms with Crippen molar-refractivity contribution in [1.82, 2.24) is 5.32 Å². The molecule has 1 fully saturated rings. The molecular weight excluding hydrogens is 250 g/mol. The molecule has 1 aromatic rings. The molecule has 0 bridgehead atoms. The van der Waals surface area contributed by atoms with Crippen LogP contribution in [-0.4, -0.2) is 6.04 Å². The van der Waals surface area contributed by atoms with Gasteiger partial charge in [-0.15, -0.1) is 11.3 Å². The third kappa shape index (κ3) is 2.16. The van der Waals surface area contributed by atoms with E-state index in [4.69, 9.17) is 11.6 Å². The molecule has 0 aromatic carbocycles. The fourth-order valence-electron chi connectivity index (χ4n) is 3.36. The molecule has 0 saturated heterocycles. The van der Waals surface area contributed by atoms with Crippen molar-refractivity contribution in [3.05, 3.63) is 20.8 Å². The lowest BCUT2D eigenvalue weighted by Crippen LogP contribution is -2.34. The third-order valence-corrected chi connectivity index (χ3v) is 6.07. The van der Waals surface area contributed by atoms with Crippen LogP contribution >= 0.6 is 22.9 Å². The molecule has 0 spiro atoms. The van der Waals surface area contributed by atoms with E-state index in [9.17, 15) is 0 Å². The quantitative estimate of drug-likeness (QED) is 0.838. The van der Waals surface area contributed by atoms with E-state index in [1.54, 1.807) is 11.3 Å². The maximum atomic E-state index is 6.10. The molecule has 1 nitrogen and oxygen atoms in total. The fraction of sp³-hybridized carbons (Fsp3) is 0.714. The lowest BCUT2D eigenvalue weighted by atomic mass is 9.97. The van der Waals surface area contributed by atoms with E-state index < -0.39 is 0 Å². The summed E-state index contributed by atoms with van der Waals surface area (Å²) in [6.45, 7) is 4.78. The summed E-state index contributed by atoms with van der Waals surface area (Å²) in [4.78, 5) is 1.51. The zero-order valence-electron chi connectivity index (χ0n) is 10.5. The van der Waals surface area contributed by atoms with Gasteiger partial charge in [0, 0.05) is 17.0 Å². The van der Waals surface area contributed by atoms with Gasteiger partial charge in [-0.05, 0) is 49.1 Å². The van der Waals surface area contributed by atoms with Crippen molar-refractivity contribution >= 4 is 22.9 Å². The second kappa shape index (κ2) is 4.56. The summed E-state index contributed by atoms with van der Waals surface area (Å²) < 4.78 is 0.953. The topological polar surface area (TPSA) is 12.0 Å². The molecule has 1 N–H and O–H groups in total. The number of hydrogen-bond acceptors (Lipinski definition) is 2. The molecule has 0 amide bonds. The highest BCUT2D eigenvalue weighted by Gasteiger charge is 2.33. The van der Waals surface area contributed by atoms with Crippen LogP contribution in [0.25, 0.3) is 0 Å². The molecule has 4 unspecified atom stereocenters. The van der Waals surface area contributed by atoms with E-state index in [1.807, 2.05) is 0 Å². The van der Waals surface area contributed by atoms with E-state index in [0.29, 0.717) is 12.1 Å². The van der Waals surface area contributed by atoms with Crippen LogP contribution in [0.1, 0.15) is 49.6 Å². The minimum atomic E-state index is 0.562. The standard InChI is InChI=1S/C14H20ClNS/c1-8-3-4-11(9(8)2)16-12-5-6-13-10(12)7-14(15)17-13/h7-9,11-12,16H,3-6H2,1-2H3. The lowest BCUT2D eigenvalue weighted by molar-refractivity contribution is 0.338. The van der Waals surface area contributed by atoms with E-state index in [-0.39, 0.29) is 0 Å². The summed E-state index contributed by atoms with van der Waals surface area (Å²) in [5.41, 5.74) is 1.48. The van der Waals surface area contributed by atoms with Gasteiger partial charge >= 0.3 is 0 Å². The molecule has 17 heavy (non-hydrogen) atoms. The van der Waals surface area contributed by atoms with Gasteiger partial charge in [0.15, 0.2) is 0 Å². The summed E-state index contributed by atoms with van der Waals surface area (Å²) >= 11 is 7.87. The SMILES string of the molecule is CC1CCC(NC2CCc3sc(Cl)cc32)C1C. The Hall–Kier alpha value is -0.0500. The van der Waals surface area contributed by atoms with Crippen LogP contribution in [0.2, 0.25) is 4.34 Å². The number of thiophene rings is 1. The summed E-state index contributed by atoms with van der Waals surface area (Å²) in [5, 5.41) is 3.88. The maximum absolute atomic E-state index is 6.10. The zero-order valence-corrected chi connectivity index (χ0v) is 12.1. The van der Waals surface area contributed by atoms with Gasteiger partial charge < -0.3 is 5.32 Å². The van der Waals surface area contributed by atoms with Gasteiger partial charge in [0.25, 0.3) is 0 Å². The summed E-state index contributed by atoms with van der Waals surface area (Å²) in [6, 6.07) is 3.45. The Morgan fingerprint density at radius 1 is 1.29 bits per heavy atom. The predicted molar refractivity (Wildman–Crippen MR) is 74.9 cm³/mol. The van der Waals surface area contributed by atoms with Crippen molar-refractivity contribution in [2.75, 3.05) is 0 Å². The maximum Gasteiger partial charge on any atom is 0.0934 e. The van der Waals surface area contributed by atoms with Crippen LogP contribution in [0, 0.1) is 11.8 Å². The Kier molecular flexibility index (Phi) is 3.22. The van der Waals surface area contributed by atoms with Crippen LogP contribution in [0.5, 0.6) is 0 Å². The van der Waals surface area contributed by atoms with Crippen molar-refractivity contribution < 1.29 is 0 Å². The van der Waals surface area contributed by atoms with Crippen LogP contribution in [0.4, 0.5) is 0 Å². The molecule has 0 radical (unpaired) electrons. The molecule has 1 heterocycles. The monoisotopic (exact) mass is 269 g/mol. The lowest BCUT2D eigenvalue weighted by Gasteiger charge is -2.24. The minimum absolute atomic E-state index is 0.562. The van der Waals surface area contributed by atoms with Crippen molar-refractivity contribution in [2.45, 2.75) is 51.6 Å². The van der Waals surface area contributed by atoms with Gasteiger partial charge in [0.2, 0.25) is 0 Å². The minimum Gasteiger partial charge on any atom is -0.307 e. The highest BCUT2D eigenvalue weighted by Crippen LogP contribution is 2.41. The van der Waals surface area contributed by atoms with Crippen molar-refractivity contribution in [3.8, 4) is 0 Å². The molecule has 2 aliphatic carbocycles. The average Bonchev–Trinajstić information content (AvgIpc) is 2.90. The molecule has 1 aromatic heterocycles. The van der Waals surface area contributed by atoms with Crippen LogP contribution in [-0.2, 0) is 6.42 Å². The molecular formula is C14H20ClNS. The number of rotatable bonds is 2. The zero-order chi connectivity index (χ0) is 12.0. The number of hydrogen-bond donors (Lipinski definition) is 1. The smallest absolute Gasteiger partial charge is 0.0934 e. The van der Waals surface area contributed by atoms with Crippen molar-refractivity contribution in [2.24, 2.45) is 11.8 Å². The third-order valence-electron chi connectivity index (χ3n) is 4.73.